The molecule has 0 saturated carbocycles. The van der Waals surface area contributed by atoms with Gasteiger partial charge >= 0.3 is 0 Å². The van der Waals surface area contributed by atoms with Gasteiger partial charge in [-0.15, -0.1) is 0 Å². The van der Waals surface area contributed by atoms with Crippen molar-refractivity contribution in [1.29, 1.82) is 0 Å². The van der Waals surface area contributed by atoms with E-state index in [2.05, 4.69) is 45.2 Å². The van der Waals surface area contributed by atoms with Crippen LogP contribution in [0.3, 0.4) is 0 Å². The maximum Gasteiger partial charge on any atom is 0.150 e. The van der Waals surface area contributed by atoms with Gasteiger partial charge in [0.15, 0.2) is 5.75 Å². The molecular formula is C7H5ClI2O. The van der Waals surface area contributed by atoms with E-state index < -0.39 is 0 Å². The number of halogens is 3. The first-order valence-electron chi connectivity index (χ1n) is 2.83. The van der Waals surface area contributed by atoms with Gasteiger partial charge in [0.25, 0.3) is 0 Å². The predicted molar refractivity (Wildman–Crippen MR) is 63.4 cm³/mol. The number of methoxy groups -OCH3 is 1. The molecule has 0 heterocycles. The van der Waals surface area contributed by atoms with Gasteiger partial charge in [0.05, 0.1) is 15.7 Å². The lowest BCUT2D eigenvalue weighted by atomic mass is 10.3. The summed E-state index contributed by atoms with van der Waals surface area (Å²) < 4.78 is 7.25. The van der Waals surface area contributed by atoms with E-state index in [1.165, 1.54) is 0 Å². The average Bonchev–Trinajstić information content (AvgIpc) is 1.85. The van der Waals surface area contributed by atoms with Crippen molar-refractivity contribution in [1.82, 2.24) is 0 Å². The lowest BCUT2D eigenvalue weighted by Crippen LogP contribution is -1.88. The van der Waals surface area contributed by atoms with Gasteiger partial charge in [-0.25, -0.2) is 0 Å². The molecule has 0 amide bonds. The first-order chi connectivity index (χ1) is 5.15. The summed E-state index contributed by atoms with van der Waals surface area (Å²) in [5.74, 6) is 0.757. The van der Waals surface area contributed by atoms with E-state index in [0.717, 1.165) is 12.9 Å². The third kappa shape index (κ3) is 2.35. The van der Waals surface area contributed by atoms with Gasteiger partial charge in [0, 0.05) is 3.57 Å². The molecule has 4 heteroatoms. The Kier molecular flexibility index (Phi) is 3.70. The van der Waals surface area contributed by atoms with Crippen molar-refractivity contribution in [2.24, 2.45) is 0 Å². The molecule has 1 aromatic carbocycles. The van der Waals surface area contributed by atoms with Crippen LogP contribution in [-0.4, -0.2) is 7.11 Å². The molecule has 0 bridgehead atoms. The highest BCUT2D eigenvalue weighted by Gasteiger charge is 2.05. The molecule has 0 spiro atoms. The summed E-state index contributed by atoms with van der Waals surface area (Å²) in [5.41, 5.74) is 0. The van der Waals surface area contributed by atoms with Crippen molar-refractivity contribution in [3.8, 4) is 5.75 Å². The van der Waals surface area contributed by atoms with E-state index in [0.29, 0.717) is 5.02 Å². The van der Waals surface area contributed by atoms with Crippen LogP contribution in [0.1, 0.15) is 0 Å². The van der Waals surface area contributed by atoms with Crippen LogP contribution in [0.15, 0.2) is 12.1 Å². The monoisotopic (exact) mass is 394 g/mol. The van der Waals surface area contributed by atoms with Crippen LogP contribution in [0.2, 0.25) is 5.02 Å². The molecule has 0 N–H and O–H groups in total. The summed E-state index contributed by atoms with van der Waals surface area (Å²) in [6, 6.07) is 3.90. The molecule has 0 aliphatic rings. The fourth-order valence-corrected chi connectivity index (χ4v) is 3.43. The van der Waals surface area contributed by atoms with Gasteiger partial charge in [-0.2, -0.15) is 0 Å². The van der Waals surface area contributed by atoms with Crippen molar-refractivity contribution in [2.45, 2.75) is 0 Å². The highest BCUT2D eigenvalue weighted by molar-refractivity contribution is 14.1. The highest BCUT2D eigenvalue weighted by atomic mass is 127. The average molecular weight is 394 g/mol. The molecule has 60 valence electrons. The van der Waals surface area contributed by atoms with Crippen LogP contribution in [0, 0.1) is 7.14 Å². The fraction of sp³-hybridized carbons (Fsp3) is 0.143. The number of hydrogen-bond donors (Lipinski definition) is 0. The van der Waals surface area contributed by atoms with Crippen LogP contribution in [0.25, 0.3) is 0 Å². The summed E-state index contributed by atoms with van der Waals surface area (Å²) in [7, 11) is 1.62. The first-order valence-corrected chi connectivity index (χ1v) is 5.37. The fourth-order valence-electron chi connectivity index (χ4n) is 0.724. The van der Waals surface area contributed by atoms with Gasteiger partial charge in [-0.1, -0.05) is 11.6 Å². The van der Waals surface area contributed by atoms with Crippen LogP contribution in [-0.2, 0) is 0 Å². The lowest BCUT2D eigenvalue weighted by molar-refractivity contribution is 0.412. The molecule has 1 aromatic rings. The molecule has 0 fully saturated rings. The molecule has 1 rings (SSSR count). The maximum atomic E-state index is 5.90. The van der Waals surface area contributed by atoms with Crippen molar-refractivity contribution in [2.75, 3.05) is 7.11 Å². The van der Waals surface area contributed by atoms with Crippen LogP contribution < -0.4 is 4.74 Å². The number of ether oxygens (including phenoxy) is 1. The summed E-state index contributed by atoms with van der Waals surface area (Å²) in [6.45, 7) is 0. The molecule has 0 atom stereocenters. The quantitative estimate of drug-likeness (QED) is 0.662. The summed E-state index contributed by atoms with van der Waals surface area (Å²) in [5, 5.41) is 0.670. The molecular weight excluding hydrogens is 389 g/mol. The molecule has 0 unspecified atom stereocenters. The summed E-state index contributed by atoms with van der Waals surface area (Å²) in [4.78, 5) is 0. The van der Waals surface area contributed by atoms with Crippen LogP contribution in [0.5, 0.6) is 5.75 Å². The molecule has 0 aliphatic carbocycles. The Hall–Kier alpha value is 0.770. The second-order valence-corrected chi connectivity index (χ2v) is 4.72. The largest absolute Gasteiger partial charge is 0.494 e. The molecule has 11 heavy (non-hydrogen) atoms. The minimum atomic E-state index is 0.670. The predicted octanol–water partition coefficient (Wildman–Crippen LogP) is 3.56. The van der Waals surface area contributed by atoms with E-state index in [-0.39, 0.29) is 0 Å². The van der Waals surface area contributed by atoms with E-state index in [4.69, 9.17) is 16.3 Å². The van der Waals surface area contributed by atoms with E-state index in [9.17, 15) is 0 Å². The second kappa shape index (κ2) is 4.13. The molecule has 0 aliphatic heterocycles. The van der Waals surface area contributed by atoms with E-state index >= 15 is 0 Å². The normalized spacial score (nSPS) is 9.82. The van der Waals surface area contributed by atoms with E-state index in [1.54, 1.807) is 7.11 Å². The Bertz CT molecular complexity index is 252. The smallest absolute Gasteiger partial charge is 0.150 e. The second-order valence-electron chi connectivity index (χ2n) is 1.90. The number of rotatable bonds is 1. The Morgan fingerprint density at radius 2 is 2.00 bits per heavy atom. The van der Waals surface area contributed by atoms with Crippen molar-refractivity contribution in [3.63, 3.8) is 0 Å². The van der Waals surface area contributed by atoms with E-state index in [1.807, 2.05) is 12.1 Å². The van der Waals surface area contributed by atoms with Gasteiger partial charge in [-0.05, 0) is 57.3 Å². The Morgan fingerprint density at radius 3 is 2.45 bits per heavy atom. The minimum absolute atomic E-state index is 0.670. The molecule has 0 aromatic heterocycles. The maximum absolute atomic E-state index is 5.90. The van der Waals surface area contributed by atoms with Crippen molar-refractivity contribution >= 4 is 56.8 Å². The standard InChI is InChI=1S/C7H5ClI2O/c1-11-7-5(8)2-4(9)3-6(7)10/h2-3H,1H3. The van der Waals surface area contributed by atoms with Crippen LogP contribution in [0.4, 0.5) is 0 Å². The van der Waals surface area contributed by atoms with Crippen molar-refractivity contribution in [3.05, 3.63) is 24.3 Å². The highest BCUT2D eigenvalue weighted by Crippen LogP contribution is 2.31. The lowest BCUT2D eigenvalue weighted by Gasteiger charge is -2.05. The third-order valence-electron chi connectivity index (χ3n) is 1.17. The number of benzene rings is 1. The van der Waals surface area contributed by atoms with Crippen molar-refractivity contribution < 1.29 is 4.74 Å². The molecule has 0 radical (unpaired) electrons. The zero-order valence-electron chi connectivity index (χ0n) is 5.70. The van der Waals surface area contributed by atoms with Gasteiger partial charge in [0.2, 0.25) is 0 Å². The zero-order valence-corrected chi connectivity index (χ0v) is 10.8. The van der Waals surface area contributed by atoms with Gasteiger partial charge in [-0.3, -0.25) is 0 Å². The summed E-state index contributed by atoms with van der Waals surface area (Å²) >= 11 is 10.3. The van der Waals surface area contributed by atoms with Gasteiger partial charge in [0.1, 0.15) is 0 Å². The topological polar surface area (TPSA) is 9.23 Å². The Labute approximate surface area is 97.7 Å². The molecule has 0 saturated heterocycles. The summed E-state index contributed by atoms with van der Waals surface area (Å²) in [6.07, 6.45) is 0. The third-order valence-corrected chi connectivity index (χ3v) is 2.87. The minimum Gasteiger partial charge on any atom is -0.494 e. The zero-order chi connectivity index (χ0) is 8.43. The van der Waals surface area contributed by atoms with Gasteiger partial charge < -0.3 is 4.74 Å². The Morgan fingerprint density at radius 1 is 1.36 bits per heavy atom. The molecule has 1 nitrogen and oxygen atoms in total. The van der Waals surface area contributed by atoms with Crippen LogP contribution >= 0.6 is 56.8 Å². The first kappa shape index (κ1) is 9.85. The SMILES string of the molecule is COc1c(Cl)cc(I)cc1I. The Balaban J connectivity index is 3.25. The number of hydrogen-bond acceptors (Lipinski definition) is 1.